The molecule has 80 heavy (non-hydrogen) atoms. The van der Waals surface area contributed by atoms with Crippen LogP contribution in [0.5, 0.6) is 11.5 Å². The number of piperidine rings is 1. The molecule has 3 aromatic heterocycles. The Bertz CT molecular complexity index is 3030. The first-order valence-electron chi connectivity index (χ1n) is 27.9. The molecule has 2 aliphatic rings. The van der Waals surface area contributed by atoms with Crippen LogP contribution < -0.4 is 26.4 Å². The average molecular weight is 1110 g/mol. The van der Waals surface area contributed by atoms with Gasteiger partial charge in [-0.2, -0.15) is 5.10 Å². The molecule has 2 saturated heterocycles. The number of likely N-dealkylation sites (tertiary alicyclic amines) is 2. The predicted molar refractivity (Wildman–Crippen MR) is 311 cm³/mol. The maximum Gasteiger partial charge on any atom is 0.247 e. The smallest absolute Gasteiger partial charge is 0.247 e. The molecule has 5 heterocycles. The molecule has 8 rings (SSSR count). The predicted octanol–water partition coefficient (Wildman–Crippen LogP) is 8.63. The molecular weight excluding hydrogens is 1030 g/mol. The number of anilines is 2. The number of amides is 4. The second kappa shape index (κ2) is 28.4. The molecule has 0 saturated carbocycles. The molecule has 3 atom stereocenters. The fourth-order valence-corrected chi connectivity index (χ4v) is 11.0. The second-order valence-corrected chi connectivity index (χ2v) is 22.6. The minimum Gasteiger partial charge on any atom is -0.455 e. The zero-order valence-corrected chi connectivity index (χ0v) is 47.3. The molecule has 2 aliphatic heterocycles. The molecule has 0 aliphatic carbocycles. The molecule has 0 spiro atoms. The Balaban J connectivity index is 0.679. The summed E-state index contributed by atoms with van der Waals surface area (Å²) in [4.78, 5) is 71.3. The van der Waals surface area contributed by atoms with Gasteiger partial charge in [0.05, 0.1) is 39.3 Å². The quantitative estimate of drug-likeness (QED) is 0.0240. The Morgan fingerprint density at radius 2 is 1.59 bits per heavy atom. The van der Waals surface area contributed by atoms with Crippen LogP contribution in [0.2, 0.25) is 0 Å². The number of unbranched alkanes of at least 4 members (excludes halogenated alkanes) is 5. The Hall–Kier alpha value is -7.10. The second-order valence-electron chi connectivity index (χ2n) is 21.7. The van der Waals surface area contributed by atoms with Crippen molar-refractivity contribution in [3.63, 3.8) is 0 Å². The SMILES string of the molecule is C=CC(=O)Nc1cc(-c2nn(C3CCN(CCCCCCOCCCCCOCC(=O)N[C@H](C(=O)N4C[C@H](O)C[C@H]4C(=O)NCc4ccc(-c5scnc5C)cc4)C(C)(C)C)CC3)c3ncnc(N)c23)ccc1Oc1ccccc1. The summed E-state index contributed by atoms with van der Waals surface area (Å²) in [6.45, 7) is 16.0. The van der Waals surface area contributed by atoms with Gasteiger partial charge in [0.1, 0.15) is 42.3 Å². The first-order chi connectivity index (χ1) is 38.7. The number of nitrogen functional groups attached to an aromatic ring is 1. The van der Waals surface area contributed by atoms with Crippen molar-refractivity contribution in [1.82, 2.24) is 45.2 Å². The molecule has 6 N–H and O–H groups in total. The number of aromatic nitrogens is 5. The first kappa shape index (κ1) is 59.0. The molecule has 6 aromatic rings. The van der Waals surface area contributed by atoms with Gasteiger partial charge in [0, 0.05) is 58.0 Å². The normalized spacial score (nSPS) is 16.4. The molecule has 4 amide bonds. The first-order valence-corrected chi connectivity index (χ1v) is 28.8. The van der Waals surface area contributed by atoms with E-state index in [0.717, 1.165) is 111 Å². The topological polar surface area (TPSA) is 241 Å². The summed E-state index contributed by atoms with van der Waals surface area (Å²) in [5, 5.41) is 25.0. The number of ether oxygens (including phenoxy) is 3. The number of aliphatic hydroxyl groups excluding tert-OH is 1. The average Bonchev–Trinajstić information content (AvgIpc) is 4.40. The van der Waals surface area contributed by atoms with Crippen LogP contribution in [0.3, 0.4) is 0 Å². The molecule has 3 aromatic carbocycles. The molecule has 2 fully saturated rings. The highest BCUT2D eigenvalue weighted by Crippen LogP contribution is 2.39. The number of nitrogens with one attached hydrogen (secondary N) is 3. The zero-order chi connectivity index (χ0) is 56.6. The maximum absolute atomic E-state index is 14.0. The van der Waals surface area contributed by atoms with Crippen molar-refractivity contribution in [1.29, 1.82) is 0 Å². The lowest BCUT2D eigenvalue weighted by Gasteiger charge is -2.35. The zero-order valence-electron chi connectivity index (χ0n) is 46.5. The van der Waals surface area contributed by atoms with Crippen molar-refractivity contribution >= 4 is 57.5 Å². The van der Waals surface area contributed by atoms with E-state index in [4.69, 9.17) is 25.0 Å². The third kappa shape index (κ3) is 15.8. The monoisotopic (exact) mass is 1110 g/mol. The molecule has 0 unspecified atom stereocenters. The van der Waals surface area contributed by atoms with E-state index in [-0.39, 0.29) is 44.0 Å². The Kier molecular flexibility index (Phi) is 20.9. The fourth-order valence-electron chi connectivity index (χ4n) is 10.2. The molecule has 20 heteroatoms. The number of hydrogen-bond acceptors (Lipinski definition) is 15. The van der Waals surface area contributed by atoms with Crippen LogP contribution in [0.1, 0.15) is 102 Å². The standard InChI is InChI=1S/C60H77N11O8S/c1-6-50(73)66-47-33-43(23-24-49(47)79-46-17-11-9-12-18-46)53-52-56(61)63-38-64-57(52)71(68-53)44-25-28-69(29-26-44)27-13-7-8-14-30-77-31-15-10-16-32-78-37-51(74)67-55(60(3,4)5)59(76)70-36-45(72)34-48(70)58(75)62-35-41-19-21-42(22-20-41)54-40(2)65-39-80-54/h6,9,11-12,17-24,33,38-39,44-45,48,55,72H,1,7-8,10,13-16,25-32,34-37H2,2-5H3,(H,62,75)(H,66,73)(H,67,74)(H2,61,63,64)/t45-,48+,55-/m1/s1. The van der Waals surface area contributed by atoms with Gasteiger partial charge in [0.15, 0.2) is 11.4 Å². The van der Waals surface area contributed by atoms with Crippen molar-refractivity contribution < 1.29 is 38.5 Å². The molecule has 0 radical (unpaired) electrons. The van der Waals surface area contributed by atoms with Crippen molar-refractivity contribution in [2.24, 2.45) is 5.41 Å². The number of rotatable bonds is 27. The number of fused-ring (bicyclic) bond motifs is 1. The van der Waals surface area contributed by atoms with E-state index in [2.05, 4.69) is 42.4 Å². The largest absolute Gasteiger partial charge is 0.455 e. The summed E-state index contributed by atoms with van der Waals surface area (Å²) in [5.41, 5.74) is 13.1. The number of nitrogens with two attached hydrogens (primary N) is 1. The number of hydrogen-bond donors (Lipinski definition) is 5. The number of nitrogens with zero attached hydrogens (tertiary/aromatic N) is 7. The highest BCUT2D eigenvalue weighted by molar-refractivity contribution is 7.13. The number of para-hydroxylation sites is 1. The van der Waals surface area contributed by atoms with Crippen LogP contribution in [0.25, 0.3) is 32.7 Å². The summed E-state index contributed by atoms with van der Waals surface area (Å²) < 4.78 is 19.8. The minimum absolute atomic E-state index is 0.00351. The van der Waals surface area contributed by atoms with Crippen LogP contribution in [-0.2, 0) is 35.2 Å². The maximum atomic E-state index is 14.0. The van der Waals surface area contributed by atoms with Gasteiger partial charge in [-0.05, 0) is 111 Å². The van der Waals surface area contributed by atoms with Crippen LogP contribution >= 0.6 is 11.3 Å². The van der Waals surface area contributed by atoms with E-state index in [1.165, 1.54) is 17.3 Å². The molecule has 0 bridgehead atoms. The number of benzene rings is 3. The van der Waals surface area contributed by atoms with Gasteiger partial charge in [-0.25, -0.2) is 19.6 Å². The van der Waals surface area contributed by atoms with Gasteiger partial charge in [0.25, 0.3) is 0 Å². The van der Waals surface area contributed by atoms with Crippen molar-refractivity contribution in [2.75, 3.05) is 63.7 Å². The lowest BCUT2D eigenvalue weighted by molar-refractivity contribution is -0.144. The van der Waals surface area contributed by atoms with Gasteiger partial charge < -0.3 is 50.8 Å². The molecule has 426 valence electrons. The number of carbonyl (C=O) groups is 4. The van der Waals surface area contributed by atoms with Crippen molar-refractivity contribution in [2.45, 2.75) is 123 Å². The summed E-state index contributed by atoms with van der Waals surface area (Å²) in [6, 6.07) is 21.1. The van der Waals surface area contributed by atoms with E-state index in [1.807, 2.05) is 105 Å². The van der Waals surface area contributed by atoms with E-state index in [1.54, 1.807) is 17.4 Å². The summed E-state index contributed by atoms with van der Waals surface area (Å²) in [5.74, 6) is -0.102. The minimum atomic E-state index is -0.928. The van der Waals surface area contributed by atoms with Crippen molar-refractivity contribution in [3.8, 4) is 33.2 Å². The number of carbonyl (C=O) groups excluding carboxylic acids is 4. The Morgan fingerprint density at radius 1 is 0.887 bits per heavy atom. The summed E-state index contributed by atoms with van der Waals surface area (Å²) >= 11 is 1.58. The molecular formula is C60H77N11O8S. The Morgan fingerprint density at radius 3 is 2.29 bits per heavy atom. The third-order valence-electron chi connectivity index (χ3n) is 14.6. The lowest BCUT2D eigenvalue weighted by atomic mass is 9.85. The van der Waals surface area contributed by atoms with Gasteiger partial charge in [0.2, 0.25) is 23.6 Å². The fraction of sp³-hybridized carbons (Fsp3) is 0.467. The molecule has 19 nitrogen and oxygen atoms in total. The van der Waals surface area contributed by atoms with E-state index in [9.17, 15) is 24.3 Å². The van der Waals surface area contributed by atoms with Gasteiger partial charge in [-0.1, -0.05) is 82.7 Å². The van der Waals surface area contributed by atoms with Crippen LogP contribution in [0, 0.1) is 12.3 Å². The summed E-state index contributed by atoms with van der Waals surface area (Å²) in [7, 11) is 0. The van der Waals surface area contributed by atoms with E-state index in [0.29, 0.717) is 52.9 Å². The van der Waals surface area contributed by atoms with Crippen LogP contribution in [0.4, 0.5) is 11.5 Å². The van der Waals surface area contributed by atoms with Crippen LogP contribution in [0.15, 0.2) is 97.3 Å². The lowest BCUT2D eigenvalue weighted by Crippen LogP contribution is -2.58. The highest BCUT2D eigenvalue weighted by atomic mass is 32.1. The van der Waals surface area contributed by atoms with Crippen LogP contribution in [-0.4, -0.2) is 134 Å². The third-order valence-corrected chi connectivity index (χ3v) is 15.6. The number of β-amino-alcohol motifs (C(OH)–C–C–N with tert-alkyl or cyclic N) is 1. The van der Waals surface area contributed by atoms with Gasteiger partial charge in [-0.3, -0.25) is 19.2 Å². The van der Waals surface area contributed by atoms with Crippen molar-refractivity contribution in [3.05, 3.63) is 109 Å². The highest BCUT2D eigenvalue weighted by Gasteiger charge is 2.44. The summed E-state index contributed by atoms with van der Waals surface area (Å²) in [6.07, 6.45) is 10.7. The number of thiazole rings is 1. The Labute approximate surface area is 472 Å². The van der Waals surface area contributed by atoms with E-state index >= 15 is 0 Å². The van der Waals surface area contributed by atoms with E-state index < -0.39 is 35.4 Å². The van der Waals surface area contributed by atoms with Gasteiger partial charge in [-0.15, -0.1) is 11.3 Å². The van der Waals surface area contributed by atoms with Gasteiger partial charge >= 0.3 is 0 Å². The number of aliphatic hydroxyl groups is 1. The number of aryl methyl sites for hydroxylation is 1.